The third-order valence-electron chi connectivity index (χ3n) is 5.96. The van der Waals surface area contributed by atoms with Crippen molar-refractivity contribution in [3.05, 3.63) is 35.3 Å². The number of hydrogen-bond donors (Lipinski definition) is 2. The predicted octanol–water partition coefficient (Wildman–Crippen LogP) is 1.45. The molecule has 0 saturated carbocycles. The third-order valence-corrected chi connectivity index (χ3v) is 6.89. The second-order valence-corrected chi connectivity index (χ2v) is 10.4. The van der Waals surface area contributed by atoms with E-state index in [0.717, 1.165) is 43.2 Å². The molecule has 1 fully saturated rings. The number of amides is 1. The minimum Gasteiger partial charge on any atom is -0.366 e. The predicted molar refractivity (Wildman–Crippen MR) is 108 cm³/mol. The summed E-state index contributed by atoms with van der Waals surface area (Å²) in [6.07, 6.45) is 4.71. The molecule has 3 heterocycles. The lowest BCUT2D eigenvalue weighted by atomic mass is 9.75. The van der Waals surface area contributed by atoms with Gasteiger partial charge in [-0.15, -0.1) is 0 Å². The van der Waals surface area contributed by atoms with Gasteiger partial charge in [0.15, 0.2) is 0 Å². The maximum atomic E-state index is 13.9. The number of likely N-dealkylation sites (tertiary alicyclic amines) is 1. The number of carbonyl (C=O) groups is 1. The number of H-pyrrole nitrogens is 1. The summed E-state index contributed by atoms with van der Waals surface area (Å²) in [5, 5.41) is 4.45. The molecule has 2 aromatic heterocycles. The highest BCUT2D eigenvalue weighted by atomic mass is 32.2. The summed E-state index contributed by atoms with van der Waals surface area (Å²) in [6, 6.07) is 2.46. The van der Waals surface area contributed by atoms with Crippen LogP contribution in [-0.2, 0) is 15.3 Å². The lowest BCUT2D eigenvalue weighted by Crippen LogP contribution is -2.42. The molecule has 1 saturated heterocycles. The van der Waals surface area contributed by atoms with Crippen molar-refractivity contribution < 1.29 is 17.6 Å². The molecule has 0 aliphatic carbocycles. The van der Waals surface area contributed by atoms with E-state index in [9.17, 15) is 17.6 Å². The van der Waals surface area contributed by atoms with E-state index in [2.05, 4.69) is 21.9 Å². The Morgan fingerprint density at radius 2 is 2.03 bits per heavy atom. The summed E-state index contributed by atoms with van der Waals surface area (Å²) in [7, 11) is -2.98. The lowest BCUT2D eigenvalue weighted by molar-refractivity contribution is 0.100. The van der Waals surface area contributed by atoms with Crippen LogP contribution in [0.2, 0.25) is 0 Å². The molecule has 1 aromatic carbocycles. The van der Waals surface area contributed by atoms with Crippen LogP contribution >= 0.6 is 0 Å². The SMILES string of the molecule is CC1(c2cnn3c2[nH]c2cc(F)cc(C(N)=O)c23)CCN(CCS(C)(=O)=O)CC1. The van der Waals surface area contributed by atoms with Crippen molar-refractivity contribution in [1.29, 1.82) is 0 Å². The average Bonchev–Trinajstić information content (AvgIpc) is 3.18. The number of fused-ring (bicyclic) bond motifs is 3. The normalized spacial score (nSPS) is 17.9. The fraction of sp³-hybridized carbons (Fsp3) is 0.474. The number of imidazole rings is 1. The van der Waals surface area contributed by atoms with Crippen LogP contribution in [0.1, 0.15) is 35.7 Å². The molecular weight excluding hydrogens is 397 g/mol. The number of carbonyl (C=O) groups excluding carboxylic acids is 1. The number of piperidine rings is 1. The Balaban J connectivity index is 1.67. The second kappa shape index (κ2) is 6.81. The first-order valence-electron chi connectivity index (χ1n) is 9.47. The van der Waals surface area contributed by atoms with Crippen molar-refractivity contribution >= 4 is 32.4 Å². The zero-order valence-electron chi connectivity index (χ0n) is 16.4. The molecular formula is C19H24FN5O3S. The van der Waals surface area contributed by atoms with Crippen molar-refractivity contribution in [1.82, 2.24) is 19.5 Å². The first-order chi connectivity index (χ1) is 13.6. The number of halogens is 1. The topological polar surface area (TPSA) is 114 Å². The van der Waals surface area contributed by atoms with Crippen molar-refractivity contribution in [3.8, 4) is 0 Å². The number of nitrogens with two attached hydrogens (primary N) is 1. The van der Waals surface area contributed by atoms with Crippen LogP contribution in [0, 0.1) is 5.82 Å². The van der Waals surface area contributed by atoms with Gasteiger partial charge < -0.3 is 15.6 Å². The first-order valence-corrected chi connectivity index (χ1v) is 11.5. The highest BCUT2D eigenvalue weighted by molar-refractivity contribution is 7.90. The van der Waals surface area contributed by atoms with E-state index in [1.165, 1.54) is 12.3 Å². The lowest BCUT2D eigenvalue weighted by Gasteiger charge is -2.39. The number of benzene rings is 1. The maximum absolute atomic E-state index is 13.9. The van der Waals surface area contributed by atoms with Gasteiger partial charge in [-0.1, -0.05) is 6.92 Å². The van der Waals surface area contributed by atoms with E-state index in [1.807, 2.05) is 0 Å². The molecule has 0 radical (unpaired) electrons. The van der Waals surface area contributed by atoms with Crippen LogP contribution in [0.25, 0.3) is 16.7 Å². The number of hydrogen-bond acceptors (Lipinski definition) is 5. The van der Waals surface area contributed by atoms with Gasteiger partial charge in [-0.2, -0.15) is 5.10 Å². The van der Waals surface area contributed by atoms with Gasteiger partial charge in [-0.25, -0.2) is 17.3 Å². The molecule has 0 atom stereocenters. The van der Waals surface area contributed by atoms with Crippen LogP contribution < -0.4 is 5.73 Å². The van der Waals surface area contributed by atoms with E-state index in [4.69, 9.17) is 5.73 Å². The zero-order chi connectivity index (χ0) is 21.0. The summed E-state index contributed by atoms with van der Waals surface area (Å²) in [5.74, 6) is -1.09. The fourth-order valence-corrected chi connectivity index (χ4v) is 4.74. The fourth-order valence-electron chi connectivity index (χ4n) is 4.15. The minimum atomic E-state index is -2.98. The number of primary amides is 1. The molecule has 0 spiro atoms. The van der Waals surface area contributed by atoms with Gasteiger partial charge in [0.1, 0.15) is 26.8 Å². The molecule has 10 heteroatoms. The number of rotatable bonds is 5. The third kappa shape index (κ3) is 3.62. The molecule has 0 unspecified atom stereocenters. The Hall–Kier alpha value is -2.46. The Kier molecular flexibility index (Phi) is 4.66. The summed E-state index contributed by atoms with van der Waals surface area (Å²) in [4.78, 5) is 17.2. The summed E-state index contributed by atoms with van der Waals surface area (Å²) in [6.45, 7) is 4.25. The van der Waals surface area contributed by atoms with Gasteiger partial charge in [0.2, 0.25) is 0 Å². The quantitative estimate of drug-likeness (QED) is 0.647. The number of nitrogens with one attached hydrogen (secondary N) is 1. The molecule has 1 aliphatic heterocycles. The van der Waals surface area contributed by atoms with Crippen LogP contribution in [0.3, 0.4) is 0 Å². The van der Waals surface area contributed by atoms with Gasteiger partial charge in [-0.05, 0) is 38.1 Å². The van der Waals surface area contributed by atoms with E-state index >= 15 is 0 Å². The Morgan fingerprint density at radius 3 is 2.66 bits per heavy atom. The zero-order valence-corrected chi connectivity index (χ0v) is 17.2. The van der Waals surface area contributed by atoms with Crippen molar-refractivity contribution in [2.24, 2.45) is 5.73 Å². The van der Waals surface area contributed by atoms with Gasteiger partial charge in [0, 0.05) is 23.8 Å². The van der Waals surface area contributed by atoms with Crippen LogP contribution in [0.15, 0.2) is 18.3 Å². The maximum Gasteiger partial charge on any atom is 0.251 e. The number of aromatic amines is 1. The summed E-state index contributed by atoms with van der Waals surface area (Å²) < 4.78 is 38.4. The van der Waals surface area contributed by atoms with Crippen LogP contribution in [0.4, 0.5) is 4.39 Å². The van der Waals surface area contributed by atoms with Crippen LogP contribution in [-0.4, -0.2) is 65.5 Å². The molecule has 4 rings (SSSR count). The number of aromatic nitrogens is 3. The molecule has 3 N–H and O–H groups in total. The van der Waals surface area contributed by atoms with Gasteiger partial charge in [0.05, 0.1) is 23.0 Å². The Morgan fingerprint density at radius 1 is 1.34 bits per heavy atom. The molecule has 1 aliphatic rings. The standard InChI is InChI=1S/C19H24FN5O3S/c1-19(3-5-24(6-4-19)7-8-29(2,27)28)14-11-22-25-16-13(17(21)26)9-12(20)10-15(16)23-18(14)25/h9-11,23H,3-8H2,1-2H3,(H2,21,26). The van der Waals surface area contributed by atoms with Crippen molar-refractivity contribution in [2.45, 2.75) is 25.2 Å². The Bertz CT molecular complexity index is 1210. The van der Waals surface area contributed by atoms with E-state index in [-0.39, 0.29) is 16.7 Å². The second-order valence-electron chi connectivity index (χ2n) is 8.19. The molecule has 29 heavy (non-hydrogen) atoms. The van der Waals surface area contributed by atoms with E-state index in [0.29, 0.717) is 17.6 Å². The highest BCUT2D eigenvalue weighted by Crippen LogP contribution is 2.38. The van der Waals surface area contributed by atoms with Gasteiger partial charge >= 0.3 is 0 Å². The number of nitrogens with zero attached hydrogens (tertiary/aromatic N) is 3. The largest absolute Gasteiger partial charge is 0.366 e. The molecule has 8 nitrogen and oxygen atoms in total. The number of sulfone groups is 1. The monoisotopic (exact) mass is 421 g/mol. The summed E-state index contributed by atoms with van der Waals surface area (Å²) in [5.41, 5.74) is 8.01. The average molecular weight is 421 g/mol. The van der Waals surface area contributed by atoms with E-state index < -0.39 is 21.6 Å². The van der Waals surface area contributed by atoms with Gasteiger partial charge in [-0.3, -0.25) is 4.79 Å². The summed E-state index contributed by atoms with van der Waals surface area (Å²) >= 11 is 0. The molecule has 156 valence electrons. The molecule has 1 amide bonds. The molecule has 0 bridgehead atoms. The van der Waals surface area contributed by atoms with Crippen LogP contribution in [0.5, 0.6) is 0 Å². The minimum absolute atomic E-state index is 0.0849. The Labute approximate surface area is 167 Å². The van der Waals surface area contributed by atoms with Gasteiger partial charge in [0.25, 0.3) is 5.91 Å². The smallest absolute Gasteiger partial charge is 0.251 e. The van der Waals surface area contributed by atoms with Crippen molar-refractivity contribution in [3.63, 3.8) is 0 Å². The highest BCUT2D eigenvalue weighted by Gasteiger charge is 2.35. The van der Waals surface area contributed by atoms with E-state index in [1.54, 1.807) is 10.7 Å². The van der Waals surface area contributed by atoms with Crippen molar-refractivity contribution in [2.75, 3.05) is 31.6 Å². The molecule has 3 aromatic rings. The first kappa shape index (κ1) is 19.8.